The highest BCUT2D eigenvalue weighted by Gasteiger charge is 2.21. The lowest BCUT2D eigenvalue weighted by Gasteiger charge is -2.17. The Balaban J connectivity index is 1.18. The van der Waals surface area contributed by atoms with Gasteiger partial charge in [-0.1, -0.05) is 115 Å². The Morgan fingerprint density at radius 2 is 1.20 bits per heavy atom. The number of rotatable bonds is 4. The van der Waals surface area contributed by atoms with Crippen LogP contribution in [0.4, 0.5) is 0 Å². The Morgan fingerprint density at radius 3 is 2.02 bits per heavy atom. The first kappa shape index (κ1) is 28.4. The lowest BCUT2D eigenvalue weighted by Crippen LogP contribution is -2.04. The Labute approximate surface area is 283 Å². The molecule has 0 unspecified atom stereocenters. The summed E-state index contributed by atoms with van der Waals surface area (Å²) in [4.78, 5) is 0. The van der Waals surface area contributed by atoms with E-state index in [0.717, 1.165) is 67.4 Å². The van der Waals surface area contributed by atoms with Crippen molar-refractivity contribution in [2.24, 2.45) is 0 Å². The Hall–Kier alpha value is -6.88. The van der Waals surface area contributed by atoms with Crippen molar-refractivity contribution in [2.75, 3.05) is 0 Å². The Morgan fingerprint density at radius 1 is 0.531 bits per heavy atom. The van der Waals surface area contributed by atoms with E-state index in [2.05, 4.69) is 143 Å². The zero-order valence-electron chi connectivity index (χ0n) is 26.5. The molecule has 0 N–H and O–H groups in total. The Kier molecular flexibility index (Phi) is 6.61. The molecule has 0 spiro atoms. The van der Waals surface area contributed by atoms with Gasteiger partial charge in [0.2, 0.25) is 0 Å². The summed E-state index contributed by atoms with van der Waals surface area (Å²) in [6.07, 6.45) is 9.38. The predicted molar refractivity (Wildman–Crippen MR) is 200 cm³/mol. The van der Waals surface area contributed by atoms with Crippen molar-refractivity contribution in [1.82, 2.24) is 9.13 Å². The zero-order chi connectivity index (χ0) is 32.9. The number of fused-ring (bicyclic) bond motifs is 6. The summed E-state index contributed by atoms with van der Waals surface area (Å²) in [7, 11) is 0. The lowest BCUT2D eigenvalue weighted by atomic mass is 9.95. The summed E-state index contributed by atoms with van der Waals surface area (Å²) >= 11 is 0. The number of nitriles is 2. The molecule has 9 rings (SSSR count). The molecule has 6 aromatic carbocycles. The van der Waals surface area contributed by atoms with Gasteiger partial charge in [-0.15, -0.1) is 0 Å². The van der Waals surface area contributed by atoms with Crippen molar-refractivity contribution in [3.8, 4) is 45.8 Å². The van der Waals surface area contributed by atoms with Gasteiger partial charge >= 0.3 is 0 Å². The highest BCUT2D eigenvalue weighted by Crippen LogP contribution is 2.39. The van der Waals surface area contributed by atoms with Crippen LogP contribution >= 0.6 is 0 Å². The van der Waals surface area contributed by atoms with Crippen LogP contribution in [0.1, 0.15) is 22.4 Å². The van der Waals surface area contributed by atoms with E-state index in [1.165, 1.54) is 16.6 Å². The molecule has 1 aliphatic rings. The molecule has 0 amide bonds. The minimum Gasteiger partial charge on any atom is -0.312 e. The number of hydrogen-bond donors (Lipinski definition) is 0. The lowest BCUT2D eigenvalue weighted by molar-refractivity contribution is 1.00. The highest BCUT2D eigenvalue weighted by atomic mass is 15.0. The van der Waals surface area contributed by atoms with Crippen LogP contribution in [-0.4, -0.2) is 9.13 Å². The van der Waals surface area contributed by atoms with E-state index >= 15 is 0 Å². The average Bonchev–Trinajstić information content (AvgIpc) is 3.55. The van der Waals surface area contributed by atoms with E-state index < -0.39 is 0 Å². The standard InChI is InChI=1S/C45H28N4/c46-28-33-12-10-22-43(49-41-19-3-1-2-15-36(41)37-16-4-7-21-42(37)49)44(33)31-25-23-30(24-26-31)32-11-8-14-35(27-32)48-40-20-6-5-17-38(40)39-18-9-13-34(29-47)45(39)48/h1-18,20-27H,19H2. The fourth-order valence-corrected chi connectivity index (χ4v) is 7.54. The summed E-state index contributed by atoms with van der Waals surface area (Å²) in [6.45, 7) is 0. The molecule has 0 atom stereocenters. The van der Waals surface area contributed by atoms with Crippen LogP contribution in [0.5, 0.6) is 0 Å². The third-order valence-corrected chi connectivity index (χ3v) is 9.67. The topological polar surface area (TPSA) is 57.4 Å². The first-order valence-corrected chi connectivity index (χ1v) is 16.4. The smallest absolute Gasteiger partial charge is 0.101 e. The van der Waals surface area contributed by atoms with E-state index in [1.54, 1.807) is 0 Å². The van der Waals surface area contributed by atoms with Gasteiger partial charge in [-0.3, -0.25) is 0 Å². The molecule has 2 aromatic heterocycles. The molecule has 0 radical (unpaired) electrons. The zero-order valence-corrected chi connectivity index (χ0v) is 26.5. The third kappa shape index (κ3) is 4.43. The molecule has 49 heavy (non-hydrogen) atoms. The number of nitrogens with zero attached hydrogens (tertiary/aromatic N) is 4. The van der Waals surface area contributed by atoms with E-state index in [0.29, 0.717) is 11.1 Å². The van der Waals surface area contributed by atoms with Gasteiger partial charge < -0.3 is 9.13 Å². The predicted octanol–water partition coefficient (Wildman–Crippen LogP) is 10.9. The van der Waals surface area contributed by atoms with Crippen molar-refractivity contribution < 1.29 is 0 Å². The number of para-hydroxylation sites is 3. The fourth-order valence-electron chi connectivity index (χ4n) is 7.54. The molecule has 4 heteroatoms. The van der Waals surface area contributed by atoms with Gasteiger partial charge in [-0.05, 0) is 59.2 Å². The van der Waals surface area contributed by atoms with Gasteiger partial charge in [0, 0.05) is 45.1 Å². The van der Waals surface area contributed by atoms with Gasteiger partial charge in [0.1, 0.15) is 6.07 Å². The summed E-state index contributed by atoms with van der Waals surface area (Å²) in [5.74, 6) is 0. The van der Waals surface area contributed by atoms with Crippen LogP contribution in [0.2, 0.25) is 0 Å². The first-order chi connectivity index (χ1) is 24.2. The molecule has 0 fully saturated rings. The quantitative estimate of drug-likeness (QED) is 0.196. The normalized spacial score (nSPS) is 12.2. The molecular formula is C45H28N4. The van der Waals surface area contributed by atoms with E-state index in [1.807, 2.05) is 36.4 Å². The SMILES string of the molecule is N#Cc1cccc(-n2c3c(c4ccccc42)C=CC=CC3)c1-c1ccc(-c2cccc(-n3c4ccccc4c4cccc(C#N)c43)c2)cc1. The molecule has 1 aliphatic carbocycles. The number of aromatic nitrogens is 2. The minimum absolute atomic E-state index is 0.637. The van der Waals surface area contributed by atoms with Gasteiger partial charge in [0.25, 0.3) is 0 Å². The van der Waals surface area contributed by atoms with E-state index in [4.69, 9.17) is 0 Å². The van der Waals surface area contributed by atoms with Crippen molar-refractivity contribution >= 4 is 38.8 Å². The molecular weight excluding hydrogens is 597 g/mol. The van der Waals surface area contributed by atoms with Crippen molar-refractivity contribution in [3.05, 3.63) is 174 Å². The molecule has 4 nitrogen and oxygen atoms in total. The Bertz CT molecular complexity index is 2760. The molecule has 2 heterocycles. The van der Waals surface area contributed by atoms with E-state index in [9.17, 15) is 10.5 Å². The van der Waals surface area contributed by atoms with Gasteiger partial charge in [-0.25, -0.2) is 0 Å². The molecule has 0 bridgehead atoms. The summed E-state index contributed by atoms with van der Waals surface area (Å²) in [5.41, 5.74) is 12.8. The van der Waals surface area contributed by atoms with Gasteiger partial charge in [0.05, 0.1) is 39.4 Å². The maximum atomic E-state index is 10.3. The monoisotopic (exact) mass is 624 g/mol. The van der Waals surface area contributed by atoms with E-state index in [-0.39, 0.29) is 0 Å². The maximum Gasteiger partial charge on any atom is 0.101 e. The second-order valence-corrected chi connectivity index (χ2v) is 12.3. The van der Waals surface area contributed by atoms with Crippen molar-refractivity contribution in [3.63, 3.8) is 0 Å². The van der Waals surface area contributed by atoms with Crippen molar-refractivity contribution in [1.29, 1.82) is 10.5 Å². The minimum atomic E-state index is 0.637. The third-order valence-electron chi connectivity index (χ3n) is 9.67. The summed E-state index contributed by atoms with van der Waals surface area (Å²) < 4.78 is 4.53. The maximum absolute atomic E-state index is 10.3. The van der Waals surface area contributed by atoms with Crippen LogP contribution in [0.15, 0.2) is 152 Å². The molecule has 0 saturated heterocycles. The summed E-state index contributed by atoms with van der Waals surface area (Å²) in [6, 6.07) is 50.6. The molecule has 0 saturated carbocycles. The first-order valence-electron chi connectivity index (χ1n) is 16.4. The number of benzene rings is 6. The van der Waals surface area contributed by atoms with Gasteiger partial charge in [0.15, 0.2) is 0 Å². The van der Waals surface area contributed by atoms with Crippen LogP contribution in [-0.2, 0) is 6.42 Å². The summed E-state index contributed by atoms with van der Waals surface area (Å²) in [5, 5.41) is 23.8. The van der Waals surface area contributed by atoms with Crippen LogP contribution < -0.4 is 0 Å². The van der Waals surface area contributed by atoms with Crippen LogP contribution in [0.25, 0.3) is 72.4 Å². The average molecular weight is 625 g/mol. The molecule has 8 aromatic rings. The largest absolute Gasteiger partial charge is 0.312 e. The highest BCUT2D eigenvalue weighted by molar-refractivity contribution is 6.11. The fraction of sp³-hybridized carbons (Fsp3) is 0.0222. The number of allylic oxidation sites excluding steroid dienone is 3. The number of hydrogen-bond acceptors (Lipinski definition) is 2. The second-order valence-electron chi connectivity index (χ2n) is 12.3. The van der Waals surface area contributed by atoms with Crippen LogP contribution in [0, 0.1) is 22.7 Å². The van der Waals surface area contributed by atoms with Crippen molar-refractivity contribution in [2.45, 2.75) is 6.42 Å². The second kappa shape index (κ2) is 11.4. The molecule has 0 aliphatic heterocycles. The van der Waals surface area contributed by atoms with Crippen LogP contribution in [0.3, 0.4) is 0 Å². The van der Waals surface area contributed by atoms with Gasteiger partial charge in [-0.2, -0.15) is 10.5 Å². The molecule has 228 valence electrons.